The van der Waals surface area contributed by atoms with Crippen LogP contribution in [-0.4, -0.2) is 24.1 Å². The largest absolute Gasteiger partial charge is 0.398 e. The van der Waals surface area contributed by atoms with E-state index >= 15 is 0 Å². The molecule has 15 heavy (non-hydrogen) atoms. The first-order valence-corrected chi connectivity index (χ1v) is 6.45. The highest BCUT2D eigenvalue weighted by Gasteiger charge is 2.18. The van der Waals surface area contributed by atoms with Crippen molar-refractivity contribution in [2.45, 2.75) is 19.1 Å². The van der Waals surface area contributed by atoms with E-state index in [9.17, 15) is 0 Å². The zero-order valence-electron chi connectivity index (χ0n) is 9.36. The lowest BCUT2D eigenvalue weighted by molar-refractivity contribution is 0.780. The van der Waals surface area contributed by atoms with Crippen LogP contribution >= 0.6 is 11.8 Å². The topological polar surface area (TPSA) is 29.3 Å². The Morgan fingerprint density at radius 1 is 1.47 bits per heavy atom. The Hall–Kier alpha value is -0.830. The smallest absolute Gasteiger partial charge is 0.0417 e. The van der Waals surface area contributed by atoms with Gasteiger partial charge in [0.05, 0.1) is 0 Å². The molecule has 0 spiro atoms. The van der Waals surface area contributed by atoms with Gasteiger partial charge in [-0.3, -0.25) is 0 Å². The molecule has 0 saturated carbocycles. The monoisotopic (exact) mass is 222 g/mol. The second-order valence-electron chi connectivity index (χ2n) is 4.12. The molecule has 2 N–H and O–H groups in total. The first-order chi connectivity index (χ1) is 7.18. The molecule has 1 saturated heterocycles. The highest BCUT2D eigenvalue weighted by atomic mass is 32.2. The van der Waals surface area contributed by atoms with Gasteiger partial charge in [-0.05, 0) is 24.6 Å². The first-order valence-electron chi connectivity index (χ1n) is 5.40. The highest BCUT2D eigenvalue weighted by molar-refractivity contribution is 8.00. The predicted molar refractivity (Wildman–Crippen MR) is 69.7 cm³/mol. The molecule has 0 radical (unpaired) electrons. The molecule has 1 fully saturated rings. The van der Waals surface area contributed by atoms with Gasteiger partial charge in [0.1, 0.15) is 0 Å². The van der Waals surface area contributed by atoms with Crippen molar-refractivity contribution < 1.29 is 0 Å². The molecule has 1 atom stereocenters. The molecule has 1 heterocycles. The lowest BCUT2D eigenvalue weighted by atomic mass is 10.1. The van der Waals surface area contributed by atoms with Crippen LogP contribution < -0.4 is 10.6 Å². The van der Waals surface area contributed by atoms with Crippen LogP contribution in [0.3, 0.4) is 0 Å². The summed E-state index contributed by atoms with van der Waals surface area (Å²) in [5, 5.41) is 0.722. The third-order valence-electron chi connectivity index (χ3n) is 2.93. The van der Waals surface area contributed by atoms with Gasteiger partial charge in [0.15, 0.2) is 0 Å². The van der Waals surface area contributed by atoms with E-state index in [1.165, 1.54) is 17.0 Å². The van der Waals surface area contributed by atoms with E-state index in [4.69, 9.17) is 5.73 Å². The molecule has 1 aromatic carbocycles. The maximum Gasteiger partial charge on any atom is 0.0417 e. The van der Waals surface area contributed by atoms with Crippen molar-refractivity contribution in [3.05, 3.63) is 23.8 Å². The number of thioether (sulfide) groups is 1. The number of hydrogen-bond acceptors (Lipinski definition) is 3. The number of anilines is 2. The predicted octanol–water partition coefficient (Wildman–Crippen LogP) is 2.52. The third kappa shape index (κ3) is 2.23. The van der Waals surface area contributed by atoms with Gasteiger partial charge in [-0.25, -0.2) is 0 Å². The van der Waals surface area contributed by atoms with Crippen molar-refractivity contribution >= 4 is 23.1 Å². The zero-order valence-corrected chi connectivity index (χ0v) is 10.2. The van der Waals surface area contributed by atoms with E-state index in [1.807, 2.05) is 12.1 Å². The average Bonchev–Trinajstić information content (AvgIpc) is 2.22. The summed E-state index contributed by atoms with van der Waals surface area (Å²) in [5.74, 6) is 1.22. The second kappa shape index (κ2) is 4.35. The fraction of sp³-hybridized carbons (Fsp3) is 0.500. The van der Waals surface area contributed by atoms with Gasteiger partial charge in [0.25, 0.3) is 0 Å². The molecule has 1 unspecified atom stereocenters. The molecule has 0 aliphatic carbocycles. The van der Waals surface area contributed by atoms with Gasteiger partial charge >= 0.3 is 0 Å². The number of nitrogens with zero attached hydrogens (tertiary/aromatic N) is 1. The minimum Gasteiger partial charge on any atom is -0.398 e. The Morgan fingerprint density at radius 2 is 2.27 bits per heavy atom. The summed E-state index contributed by atoms with van der Waals surface area (Å²) in [5.41, 5.74) is 9.36. The first kappa shape index (κ1) is 10.7. The molecule has 1 aliphatic heterocycles. The fourth-order valence-corrected chi connectivity index (χ4v) is 3.03. The van der Waals surface area contributed by atoms with Crippen molar-refractivity contribution in [3.63, 3.8) is 0 Å². The summed E-state index contributed by atoms with van der Waals surface area (Å²) in [7, 11) is 0. The van der Waals surface area contributed by atoms with Crippen molar-refractivity contribution in [3.8, 4) is 0 Å². The summed E-state index contributed by atoms with van der Waals surface area (Å²) in [6, 6.07) is 6.19. The molecule has 1 aromatic rings. The number of nitrogens with two attached hydrogens (primary N) is 1. The van der Waals surface area contributed by atoms with Crippen LogP contribution in [0.25, 0.3) is 0 Å². The van der Waals surface area contributed by atoms with Crippen LogP contribution in [-0.2, 0) is 0 Å². The molecule has 0 aromatic heterocycles. The van der Waals surface area contributed by atoms with E-state index in [1.54, 1.807) is 0 Å². The third-order valence-corrected chi connectivity index (χ3v) is 4.07. The van der Waals surface area contributed by atoms with Gasteiger partial charge in [0.2, 0.25) is 0 Å². The van der Waals surface area contributed by atoms with Crippen LogP contribution in [0.4, 0.5) is 11.4 Å². The lowest BCUT2D eigenvalue weighted by Crippen LogP contribution is -2.37. The molecule has 2 nitrogen and oxygen atoms in total. The number of rotatable bonds is 1. The average molecular weight is 222 g/mol. The SMILES string of the molecule is Cc1c(N)cccc1N1CCSC(C)C1. The van der Waals surface area contributed by atoms with Crippen molar-refractivity contribution in [2.75, 3.05) is 29.5 Å². The Balaban J connectivity index is 2.24. The minimum atomic E-state index is 0.722. The van der Waals surface area contributed by atoms with Gasteiger partial charge in [-0.15, -0.1) is 0 Å². The molecular weight excluding hydrogens is 204 g/mol. The Morgan fingerprint density at radius 3 is 3.00 bits per heavy atom. The van der Waals surface area contributed by atoms with Crippen LogP contribution in [0.2, 0.25) is 0 Å². The summed E-state index contributed by atoms with van der Waals surface area (Å²) in [6.45, 7) is 6.67. The van der Waals surface area contributed by atoms with E-state index in [2.05, 4.69) is 36.6 Å². The molecule has 2 rings (SSSR count). The molecule has 1 aliphatic rings. The summed E-state index contributed by atoms with van der Waals surface area (Å²) in [6.07, 6.45) is 0. The summed E-state index contributed by atoms with van der Waals surface area (Å²) >= 11 is 2.05. The van der Waals surface area contributed by atoms with Gasteiger partial charge in [-0.1, -0.05) is 13.0 Å². The molecule has 82 valence electrons. The van der Waals surface area contributed by atoms with Crippen LogP contribution in [0.5, 0.6) is 0 Å². The quantitative estimate of drug-likeness (QED) is 0.740. The van der Waals surface area contributed by atoms with Gasteiger partial charge in [0, 0.05) is 35.5 Å². The van der Waals surface area contributed by atoms with Crippen LogP contribution in [0, 0.1) is 6.92 Å². The summed E-state index contributed by atoms with van der Waals surface area (Å²) in [4.78, 5) is 2.45. The molecule has 3 heteroatoms. The number of nitrogen functional groups attached to an aromatic ring is 1. The van der Waals surface area contributed by atoms with Crippen LogP contribution in [0.15, 0.2) is 18.2 Å². The van der Waals surface area contributed by atoms with Crippen molar-refractivity contribution in [1.29, 1.82) is 0 Å². The number of benzene rings is 1. The Labute approximate surface area is 95.8 Å². The standard InChI is InChI=1S/C12H18N2S/c1-9-8-14(6-7-15-9)12-5-3-4-11(13)10(12)2/h3-5,9H,6-8,13H2,1-2H3. The molecular formula is C12H18N2S. The second-order valence-corrected chi connectivity index (χ2v) is 5.67. The van der Waals surface area contributed by atoms with Gasteiger partial charge in [-0.2, -0.15) is 11.8 Å². The van der Waals surface area contributed by atoms with E-state index in [0.29, 0.717) is 0 Å². The fourth-order valence-electron chi connectivity index (χ4n) is 2.02. The molecule has 0 amide bonds. The summed E-state index contributed by atoms with van der Waals surface area (Å²) < 4.78 is 0. The number of hydrogen-bond donors (Lipinski definition) is 1. The maximum absolute atomic E-state index is 5.93. The lowest BCUT2D eigenvalue weighted by Gasteiger charge is -2.33. The van der Waals surface area contributed by atoms with Crippen molar-refractivity contribution in [1.82, 2.24) is 0 Å². The van der Waals surface area contributed by atoms with E-state index < -0.39 is 0 Å². The van der Waals surface area contributed by atoms with Gasteiger partial charge < -0.3 is 10.6 Å². The van der Waals surface area contributed by atoms with Crippen LogP contribution in [0.1, 0.15) is 12.5 Å². The zero-order chi connectivity index (χ0) is 10.8. The Bertz CT molecular complexity index is 351. The van der Waals surface area contributed by atoms with E-state index in [-0.39, 0.29) is 0 Å². The minimum absolute atomic E-state index is 0.722. The van der Waals surface area contributed by atoms with E-state index in [0.717, 1.165) is 24.0 Å². The normalized spacial score (nSPS) is 21.7. The Kier molecular flexibility index (Phi) is 3.10. The maximum atomic E-state index is 5.93. The molecule has 0 bridgehead atoms. The highest BCUT2D eigenvalue weighted by Crippen LogP contribution is 2.28. The van der Waals surface area contributed by atoms with Crippen molar-refractivity contribution in [2.24, 2.45) is 0 Å².